The van der Waals surface area contributed by atoms with E-state index in [0.29, 0.717) is 18.8 Å². The molecule has 1 atom stereocenters. The van der Waals surface area contributed by atoms with E-state index in [1.165, 1.54) is 0 Å². The molecule has 4 nitrogen and oxygen atoms in total. The van der Waals surface area contributed by atoms with Gasteiger partial charge in [0.05, 0.1) is 6.10 Å². The van der Waals surface area contributed by atoms with Gasteiger partial charge in [-0.3, -0.25) is 0 Å². The van der Waals surface area contributed by atoms with E-state index in [-0.39, 0.29) is 12.7 Å². The van der Waals surface area contributed by atoms with Crippen LogP contribution in [0.2, 0.25) is 0 Å². The fraction of sp³-hybridized carbons (Fsp3) is 0.417. The SMILES string of the molecule is CC(O)CNCc1cccc(OCC#N)c1. The molecule has 1 rings (SSSR count). The van der Waals surface area contributed by atoms with Crippen molar-refractivity contribution in [3.63, 3.8) is 0 Å². The van der Waals surface area contributed by atoms with Gasteiger partial charge in [0.2, 0.25) is 0 Å². The van der Waals surface area contributed by atoms with Crippen molar-refractivity contribution >= 4 is 0 Å². The van der Waals surface area contributed by atoms with Crippen molar-refractivity contribution in [1.29, 1.82) is 5.26 Å². The van der Waals surface area contributed by atoms with Crippen LogP contribution < -0.4 is 10.1 Å². The topological polar surface area (TPSA) is 65.3 Å². The molecule has 0 aliphatic rings. The third-order valence-corrected chi connectivity index (χ3v) is 1.97. The first kappa shape index (κ1) is 12.5. The molecule has 0 bridgehead atoms. The number of hydrogen-bond donors (Lipinski definition) is 2. The monoisotopic (exact) mass is 220 g/mol. The van der Waals surface area contributed by atoms with Gasteiger partial charge in [-0.2, -0.15) is 5.26 Å². The molecule has 0 radical (unpaired) electrons. The van der Waals surface area contributed by atoms with Crippen molar-refractivity contribution in [2.75, 3.05) is 13.2 Å². The van der Waals surface area contributed by atoms with Crippen molar-refractivity contribution < 1.29 is 9.84 Å². The second kappa shape index (κ2) is 6.83. The molecular formula is C12H16N2O2. The van der Waals surface area contributed by atoms with Gasteiger partial charge in [0, 0.05) is 13.1 Å². The summed E-state index contributed by atoms with van der Waals surface area (Å²) < 4.78 is 5.18. The lowest BCUT2D eigenvalue weighted by atomic mass is 10.2. The fourth-order valence-electron chi connectivity index (χ4n) is 1.29. The molecule has 0 aliphatic carbocycles. The number of nitrogens with one attached hydrogen (secondary N) is 1. The highest BCUT2D eigenvalue weighted by atomic mass is 16.5. The van der Waals surface area contributed by atoms with Crippen molar-refractivity contribution in [3.05, 3.63) is 29.8 Å². The second-order valence-corrected chi connectivity index (χ2v) is 3.57. The van der Waals surface area contributed by atoms with E-state index in [2.05, 4.69) is 5.32 Å². The molecule has 0 aliphatic heterocycles. The maximum atomic E-state index is 9.08. The largest absolute Gasteiger partial charge is 0.479 e. The van der Waals surface area contributed by atoms with Crippen LogP contribution in [0.5, 0.6) is 5.75 Å². The van der Waals surface area contributed by atoms with E-state index in [9.17, 15) is 0 Å². The highest BCUT2D eigenvalue weighted by molar-refractivity contribution is 5.28. The predicted molar refractivity (Wildman–Crippen MR) is 60.9 cm³/mol. The summed E-state index contributed by atoms with van der Waals surface area (Å²) in [7, 11) is 0. The molecule has 0 amide bonds. The molecule has 0 saturated heterocycles. The van der Waals surface area contributed by atoms with Crippen LogP contribution in [-0.4, -0.2) is 24.4 Å². The number of aliphatic hydroxyl groups excluding tert-OH is 1. The Morgan fingerprint density at radius 2 is 2.38 bits per heavy atom. The summed E-state index contributed by atoms with van der Waals surface area (Å²) in [6.45, 7) is 3.03. The van der Waals surface area contributed by atoms with Crippen LogP contribution >= 0.6 is 0 Å². The first-order valence-corrected chi connectivity index (χ1v) is 5.20. The van der Waals surface area contributed by atoms with Gasteiger partial charge >= 0.3 is 0 Å². The van der Waals surface area contributed by atoms with Crippen LogP contribution in [-0.2, 0) is 6.54 Å². The van der Waals surface area contributed by atoms with Gasteiger partial charge in [0.1, 0.15) is 11.8 Å². The van der Waals surface area contributed by atoms with Crippen LogP contribution in [0.4, 0.5) is 0 Å². The highest BCUT2D eigenvalue weighted by Crippen LogP contribution is 2.12. The maximum absolute atomic E-state index is 9.08. The van der Waals surface area contributed by atoms with Crippen LogP contribution in [0.15, 0.2) is 24.3 Å². The minimum Gasteiger partial charge on any atom is -0.479 e. The molecule has 2 N–H and O–H groups in total. The van der Waals surface area contributed by atoms with E-state index in [1.54, 1.807) is 6.92 Å². The van der Waals surface area contributed by atoms with Crippen LogP contribution in [0, 0.1) is 11.3 Å². The number of benzene rings is 1. The third kappa shape index (κ3) is 4.78. The number of nitriles is 1. The third-order valence-electron chi connectivity index (χ3n) is 1.97. The molecule has 4 heteroatoms. The number of aliphatic hydroxyl groups is 1. The maximum Gasteiger partial charge on any atom is 0.174 e. The summed E-state index contributed by atoms with van der Waals surface area (Å²) in [5, 5.41) is 20.6. The molecule has 1 unspecified atom stereocenters. The number of ether oxygens (including phenoxy) is 1. The van der Waals surface area contributed by atoms with Gasteiger partial charge in [-0.25, -0.2) is 0 Å². The Hall–Kier alpha value is -1.57. The molecule has 16 heavy (non-hydrogen) atoms. The normalized spacial score (nSPS) is 11.8. The summed E-state index contributed by atoms with van der Waals surface area (Å²) >= 11 is 0. The summed E-state index contributed by atoms with van der Waals surface area (Å²) in [4.78, 5) is 0. The van der Waals surface area contributed by atoms with Crippen LogP contribution in [0.3, 0.4) is 0 Å². The minimum absolute atomic E-state index is 0.0601. The van der Waals surface area contributed by atoms with E-state index < -0.39 is 0 Å². The molecule has 86 valence electrons. The summed E-state index contributed by atoms with van der Waals surface area (Å²) in [6.07, 6.45) is -0.349. The van der Waals surface area contributed by atoms with Gasteiger partial charge < -0.3 is 15.2 Å². The molecule has 1 aromatic rings. The highest BCUT2D eigenvalue weighted by Gasteiger charge is 1.98. The molecule has 0 aromatic heterocycles. The van der Waals surface area contributed by atoms with Gasteiger partial charge in [0.25, 0.3) is 0 Å². The van der Waals surface area contributed by atoms with Gasteiger partial charge in [-0.1, -0.05) is 12.1 Å². The van der Waals surface area contributed by atoms with Gasteiger partial charge in [-0.05, 0) is 24.6 Å². The van der Waals surface area contributed by atoms with E-state index in [0.717, 1.165) is 5.56 Å². The Kier molecular flexibility index (Phi) is 5.34. The average molecular weight is 220 g/mol. The number of nitrogens with zero attached hydrogens (tertiary/aromatic N) is 1. The second-order valence-electron chi connectivity index (χ2n) is 3.57. The van der Waals surface area contributed by atoms with E-state index in [4.69, 9.17) is 15.1 Å². The first-order chi connectivity index (χ1) is 7.72. The molecular weight excluding hydrogens is 204 g/mol. The number of hydrogen-bond acceptors (Lipinski definition) is 4. The zero-order chi connectivity index (χ0) is 11.8. The van der Waals surface area contributed by atoms with Gasteiger partial charge in [-0.15, -0.1) is 0 Å². The Bertz CT molecular complexity index is 358. The molecule has 1 aromatic carbocycles. The zero-order valence-electron chi connectivity index (χ0n) is 9.31. The number of rotatable bonds is 6. The quantitative estimate of drug-likeness (QED) is 0.752. The first-order valence-electron chi connectivity index (χ1n) is 5.20. The lowest BCUT2D eigenvalue weighted by molar-refractivity contribution is 0.191. The summed E-state index contributed by atoms with van der Waals surface area (Å²) in [6, 6.07) is 9.47. The lowest BCUT2D eigenvalue weighted by Crippen LogP contribution is -2.23. The van der Waals surface area contributed by atoms with E-state index >= 15 is 0 Å². The Labute approximate surface area is 95.5 Å². The van der Waals surface area contributed by atoms with Crippen molar-refractivity contribution in [1.82, 2.24) is 5.32 Å². The molecule has 0 saturated carbocycles. The molecule has 0 spiro atoms. The van der Waals surface area contributed by atoms with Crippen molar-refractivity contribution in [2.24, 2.45) is 0 Å². The van der Waals surface area contributed by atoms with Gasteiger partial charge in [0.15, 0.2) is 6.61 Å². The summed E-state index contributed by atoms with van der Waals surface area (Å²) in [5.74, 6) is 0.692. The summed E-state index contributed by atoms with van der Waals surface area (Å²) in [5.41, 5.74) is 1.07. The standard InChI is InChI=1S/C12H16N2O2/c1-10(15)8-14-9-11-3-2-4-12(7-11)16-6-5-13/h2-4,7,10,14-15H,6,8-9H2,1H3. The predicted octanol–water partition coefficient (Wildman–Crippen LogP) is 1.06. The fourth-order valence-corrected chi connectivity index (χ4v) is 1.29. The van der Waals surface area contributed by atoms with Crippen molar-refractivity contribution in [3.8, 4) is 11.8 Å². The van der Waals surface area contributed by atoms with Crippen molar-refractivity contribution in [2.45, 2.75) is 19.6 Å². The van der Waals surface area contributed by atoms with Crippen LogP contribution in [0.1, 0.15) is 12.5 Å². The van der Waals surface area contributed by atoms with Crippen LogP contribution in [0.25, 0.3) is 0 Å². The Morgan fingerprint density at radius 1 is 1.56 bits per heavy atom. The zero-order valence-corrected chi connectivity index (χ0v) is 9.31. The minimum atomic E-state index is -0.349. The van der Waals surface area contributed by atoms with E-state index in [1.807, 2.05) is 30.3 Å². The molecule has 0 fully saturated rings. The average Bonchev–Trinajstić information content (AvgIpc) is 2.26. The lowest BCUT2D eigenvalue weighted by Gasteiger charge is -2.08. The Morgan fingerprint density at radius 3 is 3.06 bits per heavy atom. The Balaban J connectivity index is 2.44. The smallest absolute Gasteiger partial charge is 0.174 e. The molecule has 0 heterocycles.